The number of nitrogen functional groups attached to an aromatic ring is 1. The van der Waals surface area contributed by atoms with Crippen molar-refractivity contribution in [3.05, 3.63) is 16.8 Å². The van der Waals surface area contributed by atoms with Gasteiger partial charge in [-0.05, 0) is 28.8 Å². The van der Waals surface area contributed by atoms with Crippen LogP contribution in [0.2, 0.25) is 0 Å². The van der Waals surface area contributed by atoms with E-state index in [0.717, 1.165) is 18.7 Å². The fourth-order valence-corrected chi connectivity index (χ4v) is 2.55. The van der Waals surface area contributed by atoms with E-state index in [9.17, 15) is 5.11 Å². The Kier molecular flexibility index (Phi) is 2.11. The van der Waals surface area contributed by atoms with Crippen molar-refractivity contribution >= 4 is 27.3 Å². The molecule has 3 rings (SSSR count). The van der Waals surface area contributed by atoms with Crippen LogP contribution in [-0.4, -0.2) is 30.8 Å². The number of rotatable bonds is 1. The van der Waals surface area contributed by atoms with Gasteiger partial charge in [-0.1, -0.05) is 0 Å². The molecule has 1 fully saturated rings. The number of aliphatic hydroxyl groups excluding tert-OH is 1. The Balaban J connectivity index is 2.16. The van der Waals surface area contributed by atoms with Gasteiger partial charge in [-0.15, -0.1) is 0 Å². The Morgan fingerprint density at radius 3 is 2.94 bits per heavy atom. The third-order valence-corrected chi connectivity index (χ3v) is 3.47. The number of fused-ring (bicyclic) bond motifs is 1. The second-order valence-corrected chi connectivity index (χ2v) is 4.74. The molecule has 84 valence electrons. The van der Waals surface area contributed by atoms with E-state index in [1.807, 2.05) is 0 Å². The zero-order valence-electron chi connectivity index (χ0n) is 8.34. The number of aliphatic hydroxyl groups is 1. The first-order chi connectivity index (χ1) is 7.66. The van der Waals surface area contributed by atoms with Crippen molar-refractivity contribution in [2.24, 2.45) is 0 Å². The van der Waals surface area contributed by atoms with Crippen LogP contribution in [0.3, 0.4) is 0 Å². The lowest BCUT2D eigenvalue weighted by molar-refractivity contribution is 0.0711. The van der Waals surface area contributed by atoms with Crippen LogP contribution in [-0.2, 0) is 0 Å². The largest absolute Gasteiger partial charge is 0.393 e. The van der Waals surface area contributed by atoms with Gasteiger partial charge in [-0.2, -0.15) is 5.10 Å². The predicted molar refractivity (Wildman–Crippen MR) is 60.9 cm³/mol. The van der Waals surface area contributed by atoms with Crippen LogP contribution < -0.4 is 5.73 Å². The van der Waals surface area contributed by atoms with E-state index in [-0.39, 0.29) is 12.0 Å². The third kappa shape index (κ3) is 1.31. The number of nitrogens with zero attached hydrogens (tertiary/aromatic N) is 4. The molecule has 6 nitrogen and oxygen atoms in total. The van der Waals surface area contributed by atoms with Gasteiger partial charge in [0, 0.05) is 5.92 Å². The van der Waals surface area contributed by atoms with E-state index in [0.29, 0.717) is 15.9 Å². The molecule has 1 aliphatic rings. The minimum Gasteiger partial charge on any atom is -0.393 e. The minimum atomic E-state index is -0.213. The molecule has 3 N–H and O–H groups in total. The van der Waals surface area contributed by atoms with E-state index in [4.69, 9.17) is 5.73 Å². The van der Waals surface area contributed by atoms with E-state index in [1.165, 1.54) is 6.33 Å². The van der Waals surface area contributed by atoms with Crippen molar-refractivity contribution in [1.82, 2.24) is 19.6 Å². The maximum Gasteiger partial charge on any atom is 0.154 e. The summed E-state index contributed by atoms with van der Waals surface area (Å²) in [6.07, 6.45) is 2.66. The average Bonchev–Trinajstić information content (AvgIpc) is 2.53. The first kappa shape index (κ1) is 9.98. The molecule has 0 amide bonds. The van der Waals surface area contributed by atoms with Gasteiger partial charge in [-0.3, -0.25) is 0 Å². The lowest BCUT2D eigenvalue weighted by atomic mass is 9.82. The Hall–Kier alpha value is -1.21. The molecule has 1 aliphatic carbocycles. The smallest absolute Gasteiger partial charge is 0.154 e. The van der Waals surface area contributed by atoms with Gasteiger partial charge < -0.3 is 10.8 Å². The normalized spacial score (nSPS) is 24.6. The monoisotopic (exact) mass is 283 g/mol. The average molecular weight is 284 g/mol. The number of hydrogen-bond acceptors (Lipinski definition) is 5. The molecule has 2 aromatic rings. The summed E-state index contributed by atoms with van der Waals surface area (Å²) in [4.78, 5) is 8.32. The van der Waals surface area contributed by atoms with Gasteiger partial charge >= 0.3 is 0 Å². The lowest BCUT2D eigenvalue weighted by Gasteiger charge is -2.29. The van der Waals surface area contributed by atoms with Crippen molar-refractivity contribution in [1.29, 1.82) is 0 Å². The number of nitrogens with two attached hydrogens (primary N) is 1. The predicted octanol–water partition coefficient (Wildman–Crippen LogP) is 0.707. The fraction of sp³-hybridized carbons (Fsp3) is 0.444. The minimum absolute atomic E-state index is 0.213. The van der Waals surface area contributed by atoms with Crippen LogP contribution in [0.15, 0.2) is 10.9 Å². The van der Waals surface area contributed by atoms with E-state index >= 15 is 0 Å². The van der Waals surface area contributed by atoms with Crippen LogP contribution in [0.1, 0.15) is 24.6 Å². The number of hydrogen-bond donors (Lipinski definition) is 2. The van der Waals surface area contributed by atoms with Crippen LogP contribution in [0.4, 0.5) is 5.82 Å². The molecule has 2 aromatic heterocycles. The van der Waals surface area contributed by atoms with Gasteiger partial charge in [-0.25, -0.2) is 14.5 Å². The zero-order valence-corrected chi connectivity index (χ0v) is 9.92. The maximum absolute atomic E-state index is 9.31. The molecule has 0 radical (unpaired) electrons. The van der Waals surface area contributed by atoms with Gasteiger partial charge in [0.15, 0.2) is 5.82 Å². The molecule has 0 spiro atoms. The molecule has 0 aromatic carbocycles. The molecule has 2 heterocycles. The molecule has 0 saturated heterocycles. The molecular weight excluding hydrogens is 274 g/mol. The standard InChI is InChI=1S/C9H10BrN5O/c10-7-6-8(11)12-3-13-15(6)9(14-7)4-1-5(16)2-4/h3-5,16H,1-2H2,(H2,11,12,13)/t4-,5+. The molecule has 0 unspecified atom stereocenters. The third-order valence-electron chi connectivity index (χ3n) is 2.92. The summed E-state index contributed by atoms with van der Waals surface area (Å²) >= 11 is 3.35. The maximum atomic E-state index is 9.31. The second-order valence-electron chi connectivity index (χ2n) is 3.99. The molecule has 16 heavy (non-hydrogen) atoms. The van der Waals surface area contributed by atoms with Crippen molar-refractivity contribution in [2.45, 2.75) is 24.9 Å². The highest BCUT2D eigenvalue weighted by Crippen LogP contribution is 2.37. The number of imidazole rings is 1. The Bertz CT molecular complexity index is 548. The van der Waals surface area contributed by atoms with Crippen LogP contribution >= 0.6 is 15.9 Å². The van der Waals surface area contributed by atoms with Crippen LogP contribution in [0.5, 0.6) is 0 Å². The number of halogens is 1. The molecule has 7 heteroatoms. The van der Waals surface area contributed by atoms with E-state index < -0.39 is 0 Å². The summed E-state index contributed by atoms with van der Waals surface area (Å²) in [5.74, 6) is 1.49. The summed E-state index contributed by atoms with van der Waals surface area (Å²) in [6.45, 7) is 0. The van der Waals surface area contributed by atoms with Crippen LogP contribution in [0, 0.1) is 0 Å². The molecular formula is C9H10BrN5O. The Labute approximate surface area is 99.6 Å². The number of anilines is 1. The van der Waals surface area contributed by atoms with Crippen LogP contribution in [0.25, 0.3) is 5.52 Å². The lowest BCUT2D eigenvalue weighted by Crippen LogP contribution is -2.28. The van der Waals surface area contributed by atoms with E-state index in [2.05, 4.69) is 31.0 Å². The second kappa shape index (κ2) is 3.39. The van der Waals surface area contributed by atoms with Gasteiger partial charge in [0.05, 0.1) is 6.10 Å². The SMILES string of the molecule is Nc1ncnn2c1c(Br)nc2[C@H]1C[C@@H](O)C1. The molecule has 0 aliphatic heterocycles. The summed E-state index contributed by atoms with van der Waals surface area (Å²) < 4.78 is 2.35. The molecule has 1 saturated carbocycles. The highest BCUT2D eigenvalue weighted by atomic mass is 79.9. The highest BCUT2D eigenvalue weighted by Gasteiger charge is 2.33. The summed E-state index contributed by atoms with van der Waals surface area (Å²) in [7, 11) is 0. The fourth-order valence-electron chi connectivity index (χ4n) is 2.00. The summed E-state index contributed by atoms with van der Waals surface area (Å²) in [6, 6.07) is 0. The topological polar surface area (TPSA) is 89.3 Å². The first-order valence-corrected chi connectivity index (χ1v) is 5.78. The Morgan fingerprint density at radius 1 is 1.50 bits per heavy atom. The van der Waals surface area contributed by atoms with Crippen molar-refractivity contribution in [3.63, 3.8) is 0 Å². The van der Waals surface area contributed by atoms with Crippen molar-refractivity contribution in [3.8, 4) is 0 Å². The zero-order chi connectivity index (χ0) is 11.3. The van der Waals surface area contributed by atoms with Crippen molar-refractivity contribution in [2.75, 3.05) is 5.73 Å². The first-order valence-electron chi connectivity index (χ1n) is 4.99. The summed E-state index contributed by atoms with van der Waals surface area (Å²) in [5, 5.41) is 13.4. The van der Waals surface area contributed by atoms with Gasteiger partial charge in [0.1, 0.15) is 22.3 Å². The summed E-state index contributed by atoms with van der Waals surface area (Å²) in [5.41, 5.74) is 6.46. The Morgan fingerprint density at radius 2 is 2.25 bits per heavy atom. The van der Waals surface area contributed by atoms with Gasteiger partial charge in [0.2, 0.25) is 0 Å². The number of aromatic nitrogens is 4. The quantitative estimate of drug-likeness (QED) is 0.805. The van der Waals surface area contributed by atoms with Gasteiger partial charge in [0.25, 0.3) is 0 Å². The molecule has 0 bridgehead atoms. The van der Waals surface area contributed by atoms with Crippen molar-refractivity contribution < 1.29 is 5.11 Å². The molecule has 0 atom stereocenters. The highest BCUT2D eigenvalue weighted by molar-refractivity contribution is 9.10. The van der Waals surface area contributed by atoms with E-state index in [1.54, 1.807) is 4.52 Å².